The highest BCUT2D eigenvalue weighted by Gasteiger charge is 2.23. The molecule has 0 saturated carbocycles. The van der Waals surface area contributed by atoms with Crippen LogP contribution in [-0.4, -0.2) is 13.3 Å². The van der Waals surface area contributed by atoms with Crippen molar-refractivity contribution in [1.29, 1.82) is 0 Å². The highest BCUT2D eigenvalue weighted by atomic mass is 32.2. The van der Waals surface area contributed by atoms with Crippen LogP contribution in [0.5, 0.6) is 5.75 Å². The molecule has 0 amide bonds. The van der Waals surface area contributed by atoms with E-state index < -0.39 is 15.0 Å². The SMILES string of the molecule is Cc1cc(OS(=O)(=O)c2cc([N+](=O)[O-])ccc2C)ccc1C(C)C. The van der Waals surface area contributed by atoms with Crippen molar-refractivity contribution in [3.63, 3.8) is 0 Å². The molecule has 2 aromatic rings. The molecule has 2 aromatic carbocycles. The van der Waals surface area contributed by atoms with Gasteiger partial charge in [-0.25, -0.2) is 0 Å². The molecule has 0 N–H and O–H groups in total. The number of benzene rings is 2. The average molecular weight is 349 g/mol. The van der Waals surface area contributed by atoms with Crippen molar-refractivity contribution >= 4 is 15.8 Å². The number of non-ortho nitro benzene ring substituents is 1. The third kappa shape index (κ3) is 3.73. The molecule has 128 valence electrons. The van der Waals surface area contributed by atoms with E-state index >= 15 is 0 Å². The second-order valence-corrected chi connectivity index (χ2v) is 7.43. The standard InChI is InChI=1S/C17H19NO5S/c1-11(2)16-8-7-15(9-13(16)4)23-24(21,22)17-10-14(18(19)20)6-5-12(17)3/h5-11H,1-4H3. The molecule has 0 atom stereocenters. The smallest absolute Gasteiger partial charge is 0.339 e. The summed E-state index contributed by atoms with van der Waals surface area (Å²) in [5, 5.41) is 10.9. The summed E-state index contributed by atoms with van der Waals surface area (Å²) in [7, 11) is -4.15. The normalized spacial score (nSPS) is 11.5. The third-order valence-corrected chi connectivity index (χ3v) is 5.11. The van der Waals surface area contributed by atoms with E-state index in [1.54, 1.807) is 19.1 Å². The van der Waals surface area contributed by atoms with E-state index in [1.165, 1.54) is 12.1 Å². The minimum Gasteiger partial charge on any atom is -0.379 e. The molecule has 0 fully saturated rings. The van der Waals surface area contributed by atoms with E-state index in [4.69, 9.17) is 4.18 Å². The van der Waals surface area contributed by atoms with Gasteiger partial charge in [-0.3, -0.25) is 10.1 Å². The topological polar surface area (TPSA) is 86.5 Å². The zero-order chi connectivity index (χ0) is 18.1. The molecule has 7 heteroatoms. The first-order valence-electron chi connectivity index (χ1n) is 7.42. The zero-order valence-corrected chi connectivity index (χ0v) is 14.8. The van der Waals surface area contributed by atoms with Crippen LogP contribution in [0.2, 0.25) is 0 Å². The van der Waals surface area contributed by atoms with Gasteiger partial charge in [0.05, 0.1) is 4.92 Å². The Kier molecular flexibility index (Phi) is 4.94. The maximum atomic E-state index is 12.5. The van der Waals surface area contributed by atoms with Crippen molar-refractivity contribution in [2.75, 3.05) is 0 Å². The number of hydrogen-bond acceptors (Lipinski definition) is 5. The molecular formula is C17H19NO5S. The quantitative estimate of drug-likeness (QED) is 0.461. The van der Waals surface area contributed by atoms with Crippen LogP contribution in [-0.2, 0) is 10.1 Å². The molecule has 0 aliphatic heterocycles. The molecule has 0 aliphatic carbocycles. The van der Waals surface area contributed by atoms with Gasteiger partial charge in [-0.15, -0.1) is 0 Å². The van der Waals surface area contributed by atoms with E-state index in [9.17, 15) is 18.5 Å². The van der Waals surface area contributed by atoms with Crippen molar-refractivity contribution in [2.24, 2.45) is 0 Å². The van der Waals surface area contributed by atoms with Gasteiger partial charge in [-0.05, 0) is 48.6 Å². The van der Waals surface area contributed by atoms with Crippen LogP contribution < -0.4 is 4.18 Å². The predicted octanol–water partition coefficient (Wildman–Crippen LogP) is 4.10. The first-order chi connectivity index (χ1) is 11.1. The fourth-order valence-electron chi connectivity index (χ4n) is 2.49. The largest absolute Gasteiger partial charge is 0.379 e. The van der Waals surface area contributed by atoms with Crippen molar-refractivity contribution in [3.8, 4) is 5.75 Å². The van der Waals surface area contributed by atoms with Crippen molar-refractivity contribution in [1.82, 2.24) is 0 Å². The molecule has 0 aliphatic rings. The van der Waals surface area contributed by atoms with Crippen molar-refractivity contribution in [2.45, 2.75) is 38.5 Å². The molecule has 0 bridgehead atoms. The monoisotopic (exact) mass is 349 g/mol. The zero-order valence-electron chi connectivity index (χ0n) is 13.9. The van der Waals surface area contributed by atoms with Gasteiger partial charge < -0.3 is 4.18 Å². The van der Waals surface area contributed by atoms with Gasteiger partial charge in [0.1, 0.15) is 10.6 Å². The van der Waals surface area contributed by atoms with Gasteiger partial charge in [-0.1, -0.05) is 26.0 Å². The minimum absolute atomic E-state index is 0.183. The Labute approximate surface area is 141 Å². The van der Waals surface area contributed by atoms with Crippen molar-refractivity contribution in [3.05, 3.63) is 63.2 Å². The number of aryl methyl sites for hydroxylation is 2. The van der Waals surface area contributed by atoms with E-state index in [2.05, 4.69) is 0 Å². The van der Waals surface area contributed by atoms with E-state index in [1.807, 2.05) is 26.8 Å². The van der Waals surface area contributed by atoms with E-state index in [0.29, 0.717) is 11.5 Å². The van der Waals surface area contributed by atoms with Crippen LogP contribution in [0.4, 0.5) is 5.69 Å². The summed E-state index contributed by atoms with van der Waals surface area (Å²) in [6.07, 6.45) is 0. The Bertz CT molecular complexity index is 888. The molecule has 0 aromatic heterocycles. The lowest BCUT2D eigenvalue weighted by Crippen LogP contribution is -2.12. The Morgan fingerprint density at radius 3 is 2.25 bits per heavy atom. The van der Waals surface area contributed by atoms with E-state index in [0.717, 1.165) is 17.2 Å². The summed E-state index contributed by atoms with van der Waals surface area (Å²) in [5.74, 6) is 0.498. The first kappa shape index (κ1) is 17.9. The third-order valence-electron chi connectivity index (χ3n) is 3.72. The number of hydrogen-bond donors (Lipinski definition) is 0. The van der Waals surface area contributed by atoms with Crippen LogP contribution >= 0.6 is 0 Å². The second kappa shape index (κ2) is 6.60. The number of rotatable bonds is 5. The molecule has 0 radical (unpaired) electrons. The Morgan fingerprint density at radius 1 is 1.04 bits per heavy atom. The maximum absolute atomic E-state index is 12.5. The fourth-order valence-corrected chi connectivity index (χ4v) is 3.67. The second-order valence-electron chi connectivity index (χ2n) is 5.92. The molecule has 24 heavy (non-hydrogen) atoms. The number of nitrogens with zero attached hydrogens (tertiary/aromatic N) is 1. The summed E-state index contributed by atoms with van der Waals surface area (Å²) < 4.78 is 30.1. The van der Waals surface area contributed by atoms with Gasteiger partial charge in [-0.2, -0.15) is 8.42 Å². The Hall–Kier alpha value is -2.41. The summed E-state index contributed by atoms with van der Waals surface area (Å²) in [5.41, 5.74) is 2.12. The first-order valence-corrected chi connectivity index (χ1v) is 8.82. The molecule has 2 rings (SSSR count). The summed E-state index contributed by atoms with van der Waals surface area (Å²) in [4.78, 5) is 10.0. The van der Waals surface area contributed by atoms with Crippen LogP contribution in [0.15, 0.2) is 41.3 Å². The van der Waals surface area contributed by atoms with Gasteiger partial charge in [0.2, 0.25) is 0 Å². The Balaban J connectivity index is 2.40. The molecule has 6 nitrogen and oxygen atoms in total. The van der Waals surface area contributed by atoms with Gasteiger partial charge in [0.25, 0.3) is 5.69 Å². The van der Waals surface area contributed by atoms with E-state index in [-0.39, 0.29) is 16.3 Å². The minimum atomic E-state index is -4.15. The summed E-state index contributed by atoms with van der Waals surface area (Å²) in [6.45, 7) is 7.54. The molecule has 0 spiro atoms. The lowest BCUT2D eigenvalue weighted by atomic mass is 9.98. The van der Waals surface area contributed by atoms with Crippen LogP contribution in [0.1, 0.15) is 36.5 Å². The molecule has 0 heterocycles. The van der Waals surface area contributed by atoms with Gasteiger partial charge >= 0.3 is 10.1 Å². The highest BCUT2D eigenvalue weighted by Crippen LogP contribution is 2.28. The lowest BCUT2D eigenvalue weighted by Gasteiger charge is -2.13. The molecule has 0 unspecified atom stereocenters. The molecular weight excluding hydrogens is 330 g/mol. The number of nitro groups is 1. The van der Waals surface area contributed by atoms with Crippen LogP contribution in [0.3, 0.4) is 0 Å². The average Bonchev–Trinajstić information content (AvgIpc) is 2.46. The van der Waals surface area contributed by atoms with Crippen molar-refractivity contribution < 1.29 is 17.5 Å². The lowest BCUT2D eigenvalue weighted by molar-refractivity contribution is -0.385. The predicted molar refractivity (Wildman–Crippen MR) is 90.9 cm³/mol. The van der Waals surface area contributed by atoms with Gasteiger partial charge in [0, 0.05) is 12.1 Å². The molecule has 0 saturated heterocycles. The Morgan fingerprint density at radius 2 is 1.71 bits per heavy atom. The maximum Gasteiger partial charge on any atom is 0.339 e. The summed E-state index contributed by atoms with van der Waals surface area (Å²) >= 11 is 0. The summed E-state index contributed by atoms with van der Waals surface area (Å²) in [6, 6.07) is 8.73. The van der Waals surface area contributed by atoms with Crippen LogP contribution in [0.25, 0.3) is 0 Å². The number of nitro benzene ring substituents is 1. The fraction of sp³-hybridized carbons (Fsp3) is 0.294. The van der Waals surface area contributed by atoms with Crippen LogP contribution in [0, 0.1) is 24.0 Å². The van der Waals surface area contributed by atoms with Gasteiger partial charge in [0.15, 0.2) is 0 Å². The highest BCUT2D eigenvalue weighted by molar-refractivity contribution is 7.87.